The molecule has 1 aliphatic heterocycles. The van der Waals surface area contributed by atoms with Crippen molar-refractivity contribution in [2.45, 2.75) is 32.6 Å². The summed E-state index contributed by atoms with van der Waals surface area (Å²) in [5.74, 6) is 0.0716. The molecule has 0 radical (unpaired) electrons. The first-order valence-electron chi connectivity index (χ1n) is 12.8. The van der Waals surface area contributed by atoms with Crippen LogP contribution in [-0.4, -0.2) is 64.6 Å². The first kappa shape index (κ1) is 22.7. The monoisotopic (exact) mass is 480 g/mol. The Morgan fingerprint density at radius 3 is 2.53 bits per heavy atom. The summed E-state index contributed by atoms with van der Waals surface area (Å²) in [6.07, 6.45) is 4.25. The van der Waals surface area contributed by atoms with E-state index in [1.165, 1.54) is 16.5 Å². The number of aromatic amines is 1. The minimum Gasteiger partial charge on any atom is -0.398 e. The van der Waals surface area contributed by atoms with Gasteiger partial charge in [0.2, 0.25) is 0 Å². The molecular formula is C29H32N6O. The summed E-state index contributed by atoms with van der Waals surface area (Å²) >= 11 is 0. The molecule has 4 N–H and O–H groups in total. The number of benzene rings is 2. The van der Waals surface area contributed by atoms with E-state index in [-0.39, 0.29) is 5.91 Å². The highest BCUT2D eigenvalue weighted by Crippen LogP contribution is 2.39. The molecule has 0 spiro atoms. The fourth-order valence-corrected chi connectivity index (χ4v) is 5.80. The van der Waals surface area contributed by atoms with Gasteiger partial charge in [-0.25, -0.2) is 4.98 Å². The summed E-state index contributed by atoms with van der Waals surface area (Å²) in [4.78, 5) is 26.1. The predicted molar refractivity (Wildman–Crippen MR) is 146 cm³/mol. The number of H-pyrrole nitrogens is 1. The first-order valence-corrected chi connectivity index (χ1v) is 12.8. The molecule has 3 heterocycles. The van der Waals surface area contributed by atoms with Gasteiger partial charge in [-0.2, -0.15) is 0 Å². The first-order chi connectivity index (χ1) is 17.4. The molecule has 4 aromatic rings. The Kier molecular flexibility index (Phi) is 5.52. The molecule has 1 fully saturated rings. The lowest BCUT2D eigenvalue weighted by Crippen LogP contribution is -2.47. The molecule has 1 amide bonds. The number of rotatable bonds is 3. The smallest absolute Gasteiger partial charge is 0.270 e. The Hall–Kier alpha value is -3.71. The number of amides is 1. The number of pyridine rings is 1. The summed E-state index contributed by atoms with van der Waals surface area (Å²) in [6.45, 7) is 5.08. The molecule has 2 aromatic heterocycles. The Bertz CT molecular complexity index is 1530. The molecule has 2 aromatic carbocycles. The van der Waals surface area contributed by atoms with E-state index in [1.807, 2.05) is 35.2 Å². The average Bonchev–Trinajstić information content (AvgIpc) is 3.33. The maximum atomic E-state index is 13.3. The van der Waals surface area contributed by atoms with Crippen LogP contribution in [0.1, 0.15) is 46.9 Å². The molecule has 2 aliphatic rings. The van der Waals surface area contributed by atoms with Gasteiger partial charge in [-0.3, -0.25) is 4.79 Å². The molecule has 184 valence electrons. The number of nitrogen functional groups attached to an aromatic ring is 1. The van der Waals surface area contributed by atoms with Crippen LogP contribution in [-0.2, 0) is 12.8 Å². The molecule has 7 nitrogen and oxygen atoms in total. The minimum absolute atomic E-state index is 0.0716. The number of aryl methyl sites for hydroxylation is 1. The van der Waals surface area contributed by atoms with E-state index in [0.29, 0.717) is 17.1 Å². The van der Waals surface area contributed by atoms with Crippen molar-refractivity contribution in [1.82, 2.24) is 19.8 Å². The highest BCUT2D eigenvalue weighted by Gasteiger charge is 2.25. The molecule has 0 bridgehead atoms. The molecule has 1 saturated heterocycles. The number of piperazine rings is 1. The number of likely N-dealkylation sites (N-methyl/N-ethyl adjacent to an activating group) is 1. The van der Waals surface area contributed by atoms with Gasteiger partial charge in [-0.05, 0) is 81.1 Å². The van der Waals surface area contributed by atoms with Crippen molar-refractivity contribution in [2.75, 3.05) is 39.0 Å². The van der Waals surface area contributed by atoms with Crippen molar-refractivity contribution in [1.29, 1.82) is 5.41 Å². The van der Waals surface area contributed by atoms with Gasteiger partial charge in [0.05, 0.1) is 11.2 Å². The van der Waals surface area contributed by atoms with Gasteiger partial charge in [0.15, 0.2) is 0 Å². The molecule has 1 aliphatic carbocycles. The van der Waals surface area contributed by atoms with Crippen molar-refractivity contribution in [2.24, 2.45) is 0 Å². The van der Waals surface area contributed by atoms with Gasteiger partial charge in [0, 0.05) is 65.0 Å². The normalized spacial score (nSPS) is 16.4. The van der Waals surface area contributed by atoms with Crippen LogP contribution < -0.4 is 5.73 Å². The number of anilines is 1. The lowest BCUT2D eigenvalue weighted by Gasteiger charge is -2.32. The lowest BCUT2D eigenvalue weighted by atomic mass is 9.85. The zero-order chi connectivity index (χ0) is 25.0. The maximum absolute atomic E-state index is 13.3. The van der Waals surface area contributed by atoms with Gasteiger partial charge in [0.1, 0.15) is 5.69 Å². The van der Waals surface area contributed by atoms with Gasteiger partial charge in [-0.15, -0.1) is 0 Å². The van der Waals surface area contributed by atoms with E-state index in [1.54, 1.807) is 6.92 Å². The quantitative estimate of drug-likeness (QED) is 0.294. The van der Waals surface area contributed by atoms with E-state index < -0.39 is 0 Å². The number of hydrogen-bond acceptors (Lipinski definition) is 5. The van der Waals surface area contributed by atoms with Gasteiger partial charge >= 0.3 is 0 Å². The van der Waals surface area contributed by atoms with Crippen LogP contribution >= 0.6 is 0 Å². The Balaban J connectivity index is 1.50. The number of carbonyl (C=O) groups excluding carboxylic acids is 1. The number of nitrogens with one attached hydrogen (secondary N) is 2. The molecule has 6 rings (SSSR count). The van der Waals surface area contributed by atoms with E-state index in [4.69, 9.17) is 16.1 Å². The average molecular weight is 481 g/mol. The van der Waals surface area contributed by atoms with Crippen molar-refractivity contribution < 1.29 is 4.79 Å². The third-order valence-electron chi connectivity index (χ3n) is 7.82. The number of nitrogens with two attached hydrogens (primary N) is 1. The summed E-state index contributed by atoms with van der Waals surface area (Å²) in [5.41, 5.74) is 15.2. The van der Waals surface area contributed by atoms with E-state index in [9.17, 15) is 4.79 Å². The van der Waals surface area contributed by atoms with Crippen LogP contribution in [0.2, 0.25) is 0 Å². The van der Waals surface area contributed by atoms with Crippen LogP contribution in [0.15, 0.2) is 36.4 Å². The Morgan fingerprint density at radius 2 is 1.78 bits per heavy atom. The summed E-state index contributed by atoms with van der Waals surface area (Å²) in [5, 5.41) is 10.4. The van der Waals surface area contributed by atoms with E-state index in [0.717, 1.165) is 85.1 Å². The van der Waals surface area contributed by atoms with Crippen molar-refractivity contribution in [3.8, 4) is 11.3 Å². The van der Waals surface area contributed by atoms with E-state index >= 15 is 0 Å². The van der Waals surface area contributed by atoms with Gasteiger partial charge in [0.25, 0.3) is 5.91 Å². The van der Waals surface area contributed by atoms with Gasteiger partial charge in [-0.1, -0.05) is 6.07 Å². The molecule has 0 saturated carbocycles. The molecule has 7 heteroatoms. The topological polar surface area (TPSA) is 102 Å². The Labute approximate surface area is 210 Å². The molecule has 0 atom stereocenters. The summed E-state index contributed by atoms with van der Waals surface area (Å²) in [7, 11) is 2.10. The highest BCUT2D eigenvalue weighted by molar-refractivity contribution is 6.11. The Morgan fingerprint density at radius 1 is 1.03 bits per heavy atom. The molecule has 0 unspecified atom stereocenters. The number of carbonyl (C=O) groups is 1. The largest absolute Gasteiger partial charge is 0.398 e. The van der Waals surface area contributed by atoms with Crippen LogP contribution in [0, 0.1) is 5.41 Å². The van der Waals surface area contributed by atoms with Crippen LogP contribution in [0.4, 0.5) is 5.69 Å². The lowest BCUT2D eigenvalue weighted by molar-refractivity contribution is 0.0659. The molecule has 36 heavy (non-hydrogen) atoms. The third-order valence-corrected chi connectivity index (χ3v) is 7.82. The number of nitrogens with zero attached hydrogens (tertiary/aromatic N) is 3. The zero-order valence-corrected chi connectivity index (χ0v) is 20.9. The maximum Gasteiger partial charge on any atom is 0.270 e. The number of fused-ring (bicyclic) bond motifs is 5. The summed E-state index contributed by atoms with van der Waals surface area (Å²) < 4.78 is 0. The highest BCUT2D eigenvalue weighted by atomic mass is 16.2. The van der Waals surface area contributed by atoms with Crippen LogP contribution in [0.5, 0.6) is 0 Å². The number of aromatic nitrogens is 2. The van der Waals surface area contributed by atoms with Crippen LogP contribution in [0.3, 0.4) is 0 Å². The standard InChI is InChI=1S/C29H32N6O/c1-17(30)21-15-18(7-8-23(21)31)28-20-6-4-3-5-19(20)27-22-16-26(32-24(22)9-10-25(27)33-28)29(36)35-13-11-34(2)12-14-35/h7-10,15-16,30,32H,3-6,11-14,31H2,1-2H3. The second kappa shape index (κ2) is 8.75. The molecular weight excluding hydrogens is 448 g/mol. The fraction of sp³-hybridized carbons (Fsp3) is 0.345. The fourth-order valence-electron chi connectivity index (χ4n) is 5.80. The van der Waals surface area contributed by atoms with Crippen LogP contribution in [0.25, 0.3) is 33.1 Å². The third kappa shape index (κ3) is 3.75. The predicted octanol–water partition coefficient (Wildman–Crippen LogP) is 4.62. The van der Waals surface area contributed by atoms with Crippen molar-refractivity contribution in [3.63, 3.8) is 0 Å². The van der Waals surface area contributed by atoms with Crippen molar-refractivity contribution >= 4 is 39.1 Å². The number of hydrogen-bond donors (Lipinski definition) is 3. The minimum atomic E-state index is 0.0716. The van der Waals surface area contributed by atoms with Gasteiger partial charge < -0.3 is 25.9 Å². The second-order valence-electron chi connectivity index (χ2n) is 10.3. The second-order valence-corrected chi connectivity index (χ2v) is 10.3. The van der Waals surface area contributed by atoms with Crippen molar-refractivity contribution in [3.05, 3.63) is 58.8 Å². The SMILES string of the molecule is CC(=N)c1cc(-c2nc3ccc4[nH]c(C(=O)N5CCN(C)CC5)cc4c3c3c2CCCC3)ccc1N. The van der Waals surface area contributed by atoms with E-state index in [2.05, 4.69) is 23.0 Å². The summed E-state index contributed by atoms with van der Waals surface area (Å²) in [6, 6.07) is 12.1. The zero-order valence-electron chi connectivity index (χ0n) is 20.9.